The molecule has 0 spiro atoms. The molecule has 0 unspecified atom stereocenters. The molecular formula is C6H15N2OSi. The van der Waals surface area contributed by atoms with Gasteiger partial charge in [0.25, 0.3) is 0 Å². The molecule has 10 heavy (non-hydrogen) atoms. The Kier molecular flexibility index (Phi) is 4.89. The van der Waals surface area contributed by atoms with Gasteiger partial charge < -0.3 is 4.43 Å². The van der Waals surface area contributed by atoms with Crippen LogP contribution in [0.15, 0.2) is 0 Å². The average molecular weight is 159 g/mol. The fourth-order valence-electron chi connectivity index (χ4n) is 0.835. The highest BCUT2D eigenvalue weighted by atomic mass is 28.2. The molecule has 0 aliphatic carbocycles. The predicted octanol–water partition coefficient (Wildman–Crippen LogP) is -0.464. The maximum atomic E-state index is 4.85. The summed E-state index contributed by atoms with van der Waals surface area (Å²) in [5, 5.41) is 0. The monoisotopic (exact) mass is 159 g/mol. The zero-order valence-electron chi connectivity index (χ0n) is 7.09. The Morgan fingerprint density at radius 1 is 1.20 bits per heavy atom. The van der Waals surface area contributed by atoms with E-state index >= 15 is 0 Å². The first-order valence-electron chi connectivity index (χ1n) is 3.21. The molecule has 0 saturated heterocycles. The molecular weight excluding hydrogens is 144 g/mol. The normalized spacial score (nSPS) is 12.0. The predicted molar refractivity (Wildman–Crippen MR) is 42.9 cm³/mol. The maximum absolute atomic E-state index is 4.85. The Hall–Kier alpha value is 0.0969. The van der Waals surface area contributed by atoms with E-state index in [1.165, 1.54) is 0 Å². The summed E-state index contributed by atoms with van der Waals surface area (Å²) in [5.41, 5.74) is 0. The third-order valence-corrected chi connectivity index (χ3v) is 1.59. The molecule has 0 aromatic heterocycles. The molecule has 0 amide bonds. The molecule has 0 aliphatic heterocycles. The van der Waals surface area contributed by atoms with Crippen molar-refractivity contribution in [1.82, 2.24) is 9.80 Å². The van der Waals surface area contributed by atoms with Gasteiger partial charge >= 0.3 is 0 Å². The molecule has 0 heterocycles. The maximum Gasteiger partial charge on any atom is 0.246 e. The van der Waals surface area contributed by atoms with Gasteiger partial charge in [-0.15, -0.1) is 0 Å². The Morgan fingerprint density at radius 3 is 1.70 bits per heavy atom. The molecule has 0 fully saturated rings. The summed E-state index contributed by atoms with van der Waals surface area (Å²) >= 11 is 0. The van der Waals surface area contributed by atoms with Crippen LogP contribution in [0.4, 0.5) is 0 Å². The number of nitrogens with zero attached hydrogens (tertiary/aromatic N) is 2. The van der Waals surface area contributed by atoms with Crippen LogP contribution in [0.25, 0.3) is 0 Å². The minimum atomic E-state index is 0.331. The van der Waals surface area contributed by atoms with E-state index in [9.17, 15) is 0 Å². The molecule has 3 radical (unpaired) electrons. The first-order valence-corrected chi connectivity index (χ1v) is 3.61. The Bertz CT molecular complexity index is 79.8. The van der Waals surface area contributed by atoms with E-state index in [0.29, 0.717) is 12.8 Å². The number of rotatable bonds is 4. The minimum Gasteiger partial charge on any atom is -0.416 e. The first-order chi connectivity index (χ1) is 4.59. The summed E-state index contributed by atoms with van der Waals surface area (Å²) in [6.07, 6.45) is 0.331. The van der Waals surface area contributed by atoms with Crippen molar-refractivity contribution in [2.75, 3.05) is 34.8 Å². The second kappa shape index (κ2) is 4.84. The minimum absolute atomic E-state index is 0.331. The second-order valence-electron chi connectivity index (χ2n) is 2.72. The highest BCUT2D eigenvalue weighted by molar-refractivity contribution is 5.97. The van der Waals surface area contributed by atoms with Crippen LogP contribution in [-0.2, 0) is 4.43 Å². The summed E-state index contributed by atoms with van der Waals surface area (Å²) in [4.78, 5) is 4.19. The third kappa shape index (κ3) is 3.31. The summed E-state index contributed by atoms with van der Waals surface area (Å²) in [6, 6.07) is 0. The van der Waals surface area contributed by atoms with Gasteiger partial charge in [-0.1, -0.05) is 0 Å². The van der Waals surface area contributed by atoms with Gasteiger partial charge in [0, 0.05) is 0 Å². The molecule has 0 atom stereocenters. The summed E-state index contributed by atoms with van der Waals surface area (Å²) in [5.74, 6) is 0. The van der Waals surface area contributed by atoms with Crippen molar-refractivity contribution in [2.45, 2.75) is 6.17 Å². The first kappa shape index (κ1) is 10.1. The van der Waals surface area contributed by atoms with Crippen molar-refractivity contribution in [3.63, 3.8) is 0 Å². The molecule has 0 bridgehead atoms. The number of likely N-dealkylation sites (N-methyl/N-ethyl adjacent to an activating group) is 2. The number of hydrogen-bond donors (Lipinski definition) is 0. The van der Waals surface area contributed by atoms with Gasteiger partial charge in [0.1, 0.15) is 0 Å². The van der Waals surface area contributed by atoms with Crippen LogP contribution in [0, 0.1) is 0 Å². The van der Waals surface area contributed by atoms with E-state index in [1.807, 2.05) is 28.2 Å². The lowest BCUT2D eigenvalue weighted by Gasteiger charge is -2.29. The van der Waals surface area contributed by atoms with Gasteiger partial charge in [0.05, 0.1) is 12.8 Å². The SMILES string of the molecule is CN(C)C(CO[Si])N(C)C. The van der Waals surface area contributed by atoms with E-state index in [1.54, 1.807) is 0 Å². The Morgan fingerprint density at radius 2 is 1.60 bits per heavy atom. The lowest BCUT2D eigenvalue weighted by Crippen LogP contribution is -2.43. The van der Waals surface area contributed by atoms with Crippen LogP contribution in [0.1, 0.15) is 0 Å². The van der Waals surface area contributed by atoms with Gasteiger partial charge in [-0.3, -0.25) is 9.80 Å². The van der Waals surface area contributed by atoms with E-state index in [4.69, 9.17) is 4.43 Å². The van der Waals surface area contributed by atoms with Crippen molar-refractivity contribution in [2.24, 2.45) is 0 Å². The van der Waals surface area contributed by atoms with E-state index < -0.39 is 0 Å². The van der Waals surface area contributed by atoms with Crippen molar-refractivity contribution < 1.29 is 4.43 Å². The largest absolute Gasteiger partial charge is 0.416 e. The van der Waals surface area contributed by atoms with Gasteiger partial charge in [-0.2, -0.15) is 0 Å². The van der Waals surface area contributed by atoms with E-state index in [-0.39, 0.29) is 0 Å². The summed E-state index contributed by atoms with van der Waals surface area (Å²) < 4.78 is 4.85. The Balaban J connectivity index is 3.73. The van der Waals surface area contributed by atoms with Gasteiger partial charge in [0.2, 0.25) is 10.5 Å². The van der Waals surface area contributed by atoms with Crippen LogP contribution >= 0.6 is 0 Å². The van der Waals surface area contributed by atoms with Crippen LogP contribution in [-0.4, -0.2) is 61.2 Å². The quantitative estimate of drug-likeness (QED) is 0.408. The zero-order valence-corrected chi connectivity index (χ0v) is 8.09. The summed E-state index contributed by atoms with van der Waals surface area (Å²) in [7, 11) is 11.1. The fourth-order valence-corrected chi connectivity index (χ4v) is 0.984. The molecule has 0 rings (SSSR count). The van der Waals surface area contributed by atoms with Crippen molar-refractivity contribution in [1.29, 1.82) is 0 Å². The molecule has 0 saturated carbocycles. The highest BCUT2D eigenvalue weighted by Gasteiger charge is 2.11. The van der Waals surface area contributed by atoms with Crippen LogP contribution < -0.4 is 0 Å². The molecule has 0 aromatic rings. The molecule has 3 nitrogen and oxygen atoms in total. The Labute approximate surface area is 66.5 Å². The van der Waals surface area contributed by atoms with Crippen molar-refractivity contribution in [3.8, 4) is 0 Å². The standard InChI is InChI=1S/C6H15N2OSi/c1-7(2)6(5-9-10)8(3)4/h6H,5H2,1-4H3. The van der Waals surface area contributed by atoms with Gasteiger partial charge in [-0.25, -0.2) is 0 Å². The molecule has 0 N–H and O–H groups in total. The lowest BCUT2D eigenvalue weighted by molar-refractivity contribution is 0.0790. The lowest BCUT2D eigenvalue weighted by atomic mass is 10.4. The fraction of sp³-hybridized carbons (Fsp3) is 1.00. The molecule has 0 aliphatic rings. The highest BCUT2D eigenvalue weighted by Crippen LogP contribution is 1.95. The smallest absolute Gasteiger partial charge is 0.246 e. The van der Waals surface area contributed by atoms with Gasteiger partial charge in [0.15, 0.2) is 0 Å². The van der Waals surface area contributed by atoms with Crippen molar-refractivity contribution >= 4 is 10.5 Å². The topological polar surface area (TPSA) is 15.7 Å². The third-order valence-electron chi connectivity index (χ3n) is 1.42. The van der Waals surface area contributed by atoms with Crippen LogP contribution in [0.5, 0.6) is 0 Å². The molecule has 4 heteroatoms. The van der Waals surface area contributed by atoms with Crippen molar-refractivity contribution in [3.05, 3.63) is 0 Å². The molecule has 59 valence electrons. The van der Waals surface area contributed by atoms with Crippen LogP contribution in [0.3, 0.4) is 0 Å². The average Bonchev–Trinajstić information content (AvgIpc) is 1.81. The van der Waals surface area contributed by atoms with E-state index in [2.05, 4.69) is 20.3 Å². The van der Waals surface area contributed by atoms with Gasteiger partial charge in [-0.05, 0) is 28.2 Å². The summed E-state index contributed by atoms with van der Waals surface area (Å²) in [6.45, 7) is 0.664. The second-order valence-corrected chi connectivity index (χ2v) is 3.01. The van der Waals surface area contributed by atoms with E-state index in [0.717, 1.165) is 0 Å². The zero-order chi connectivity index (χ0) is 8.15. The molecule has 0 aromatic carbocycles. The van der Waals surface area contributed by atoms with Crippen LogP contribution in [0.2, 0.25) is 0 Å². The number of hydrogen-bond acceptors (Lipinski definition) is 3.